The van der Waals surface area contributed by atoms with Gasteiger partial charge in [-0.1, -0.05) is 44.2 Å². The zero-order chi connectivity index (χ0) is 26.3. The summed E-state index contributed by atoms with van der Waals surface area (Å²) in [7, 11) is 0. The predicted octanol–water partition coefficient (Wildman–Crippen LogP) is 6.29. The van der Waals surface area contributed by atoms with Crippen molar-refractivity contribution in [2.24, 2.45) is 17.8 Å². The van der Waals surface area contributed by atoms with Crippen molar-refractivity contribution in [3.63, 3.8) is 0 Å². The summed E-state index contributed by atoms with van der Waals surface area (Å²) >= 11 is 0. The van der Waals surface area contributed by atoms with E-state index >= 15 is 0 Å². The van der Waals surface area contributed by atoms with Crippen molar-refractivity contribution in [2.75, 3.05) is 19.6 Å². The third kappa shape index (κ3) is 5.40. The van der Waals surface area contributed by atoms with Gasteiger partial charge >= 0.3 is 5.97 Å². The van der Waals surface area contributed by atoms with E-state index in [-0.39, 0.29) is 6.42 Å². The smallest absolute Gasteiger partial charge is 0.304 e. The molecule has 2 aromatic rings. The van der Waals surface area contributed by atoms with Gasteiger partial charge in [0.25, 0.3) is 0 Å². The maximum absolute atomic E-state index is 11.1. The molecule has 2 saturated carbocycles. The van der Waals surface area contributed by atoms with Crippen molar-refractivity contribution in [3.05, 3.63) is 30.1 Å². The van der Waals surface area contributed by atoms with Crippen molar-refractivity contribution in [1.29, 1.82) is 0 Å². The van der Waals surface area contributed by atoms with E-state index in [0.717, 1.165) is 61.4 Å². The van der Waals surface area contributed by atoms with E-state index in [0.29, 0.717) is 18.5 Å². The van der Waals surface area contributed by atoms with Gasteiger partial charge in [-0.15, -0.1) is 0 Å². The number of likely N-dealkylation sites (tertiary alicyclic amines) is 1. The van der Waals surface area contributed by atoms with E-state index < -0.39 is 5.97 Å². The maximum atomic E-state index is 11.1. The highest BCUT2D eigenvalue weighted by Gasteiger charge is 2.45. The number of hydrogen-bond acceptors (Lipinski definition) is 4. The zero-order valence-corrected chi connectivity index (χ0v) is 23.7. The predicted molar refractivity (Wildman–Crippen MR) is 155 cm³/mol. The molecule has 3 saturated heterocycles. The van der Waals surface area contributed by atoms with Crippen LogP contribution in [0, 0.1) is 17.8 Å². The average Bonchev–Trinajstić information content (AvgIpc) is 3.48. The third-order valence-electron chi connectivity index (χ3n) is 11.3. The second-order valence-electron chi connectivity index (χ2n) is 13.9. The fraction of sp³-hybridized carbons (Fsp3) is 0.758. The van der Waals surface area contributed by atoms with Gasteiger partial charge in [-0.05, 0) is 87.8 Å². The number of carbonyl (C=O) groups is 1. The molecule has 39 heavy (non-hydrogen) atoms. The molecule has 6 heteroatoms. The summed E-state index contributed by atoms with van der Waals surface area (Å²) < 4.78 is 2.68. The minimum Gasteiger partial charge on any atom is -0.481 e. The molecule has 7 atom stereocenters. The molecule has 6 nitrogen and oxygen atoms in total. The molecule has 0 amide bonds. The molecule has 3 aliphatic heterocycles. The molecule has 0 radical (unpaired) electrons. The fourth-order valence-corrected chi connectivity index (χ4v) is 9.75. The van der Waals surface area contributed by atoms with Crippen molar-refractivity contribution < 1.29 is 9.90 Å². The molecule has 4 bridgehead atoms. The van der Waals surface area contributed by atoms with Gasteiger partial charge in [0.15, 0.2) is 0 Å². The molecule has 7 rings (SSSR count). The Bertz CT molecular complexity index is 1130. The lowest BCUT2D eigenvalue weighted by molar-refractivity contribution is -0.137. The van der Waals surface area contributed by atoms with E-state index in [9.17, 15) is 4.79 Å². The molecule has 0 spiro atoms. The standard InChI is InChI=1S/C33H48N4O2/c38-33(39)13-15-35-14-12-25(22-35)19-32-34-30-10-3-4-11-31(30)37(32)29-20-26-8-5-9-27(21-29)36(26)28-17-23-6-1-2-7-24(16-23)18-28/h3-4,10-11,23-29H,1-2,5-9,12-22H2,(H,38,39)/t23-,24+,25?,26-,27+,28?,29?. The zero-order valence-electron chi connectivity index (χ0n) is 23.7. The fourth-order valence-electron chi connectivity index (χ4n) is 9.75. The lowest BCUT2D eigenvalue weighted by atomic mass is 9.73. The van der Waals surface area contributed by atoms with Crippen LogP contribution in [0.3, 0.4) is 0 Å². The lowest BCUT2D eigenvalue weighted by Gasteiger charge is -2.54. The summed E-state index contributed by atoms with van der Waals surface area (Å²) in [6.45, 7) is 2.70. The minimum absolute atomic E-state index is 0.245. The van der Waals surface area contributed by atoms with Crippen LogP contribution in [0.4, 0.5) is 0 Å². The molecule has 1 aromatic carbocycles. The largest absolute Gasteiger partial charge is 0.481 e. The van der Waals surface area contributed by atoms with Crippen LogP contribution in [0.25, 0.3) is 11.0 Å². The number of aliphatic carboxylic acids is 1. The molecule has 4 heterocycles. The highest BCUT2D eigenvalue weighted by atomic mass is 16.4. The quantitative estimate of drug-likeness (QED) is 0.454. The first-order valence-corrected chi connectivity index (χ1v) is 16.3. The number of hydrogen-bond donors (Lipinski definition) is 1. The summed E-state index contributed by atoms with van der Waals surface area (Å²) in [6, 6.07) is 11.7. The number of rotatable bonds is 7. The Morgan fingerprint density at radius 1 is 0.846 bits per heavy atom. The number of imidazole rings is 1. The van der Waals surface area contributed by atoms with E-state index in [2.05, 4.69) is 38.6 Å². The van der Waals surface area contributed by atoms with Crippen LogP contribution in [-0.4, -0.2) is 68.2 Å². The van der Waals surface area contributed by atoms with E-state index in [4.69, 9.17) is 10.1 Å². The van der Waals surface area contributed by atoms with Gasteiger partial charge in [-0.2, -0.15) is 0 Å². The first-order chi connectivity index (χ1) is 19.1. The van der Waals surface area contributed by atoms with Crippen LogP contribution in [0.2, 0.25) is 0 Å². The summed E-state index contributed by atoms with van der Waals surface area (Å²) in [6.07, 6.45) is 19.5. The Morgan fingerprint density at radius 3 is 2.33 bits per heavy atom. The van der Waals surface area contributed by atoms with Crippen LogP contribution >= 0.6 is 0 Å². The second kappa shape index (κ2) is 11.2. The molecular formula is C33H48N4O2. The first-order valence-electron chi connectivity index (χ1n) is 16.3. The van der Waals surface area contributed by atoms with E-state index in [1.165, 1.54) is 88.4 Å². The maximum Gasteiger partial charge on any atom is 0.304 e. The van der Waals surface area contributed by atoms with Crippen LogP contribution in [0.15, 0.2) is 24.3 Å². The monoisotopic (exact) mass is 532 g/mol. The number of fused-ring (bicyclic) bond motifs is 5. The number of carboxylic acids is 1. The Labute approximate surface area is 234 Å². The molecule has 3 unspecified atom stereocenters. The number of piperidine rings is 2. The van der Waals surface area contributed by atoms with Gasteiger partial charge in [-0.25, -0.2) is 4.98 Å². The summed E-state index contributed by atoms with van der Waals surface area (Å²) in [5.41, 5.74) is 2.48. The molecule has 212 valence electrons. The molecular weight excluding hydrogens is 484 g/mol. The normalized spacial score (nSPS) is 35.7. The molecule has 1 N–H and O–H groups in total. The number of para-hydroxylation sites is 2. The molecule has 5 aliphatic rings. The van der Waals surface area contributed by atoms with E-state index in [1.54, 1.807) is 0 Å². The summed E-state index contributed by atoms with van der Waals surface area (Å²) in [5.74, 6) is 3.13. The highest BCUT2D eigenvalue weighted by Crippen LogP contribution is 2.47. The van der Waals surface area contributed by atoms with Crippen LogP contribution in [0.5, 0.6) is 0 Å². The Morgan fingerprint density at radius 2 is 1.59 bits per heavy atom. The Kier molecular flexibility index (Phi) is 7.44. The van der Waals surface area contributed by atoms with E-state index in [1.807, 2.05) is 0 Å². The number of aromatic nitrogens is 2. The van der Waals surface area contributed by atoms with Crippen molar-refractivity contribution in [3.8, 4) is 0 Å². The molecule has 1 aromatic heterocycles. The Balaban J connectivity index is 1.11. The number of nitrogens with zero attached hydrogens (tertiary/aromatic N) is 4. The van der Waals surface area contributed by atoms with Gasteiger partial charge in [-0.3, -0.25) is 9.69 Å². The van der Waals surface area contributed by atoms with Crippen molar-refractivity contribution in [2.45, 2.75) is 120 Å². The van der Waals surface area contributed by atoms with Gasteiger partial charge in [0.1, 0.15) is 5.82 Å². The SMILES string of the molecule is O=C(O)CCN1CCC(Cc2nc3ccccc3n2C2C[C@H]3CCC[C@@H](C2)N3C2C[C@H]3CCCC[C@@H](C2)C3)C1. The van der Waals surface area contributed by atoms with Gasteiger partial charge in [0, 0.05) is 43.7 Å². The minimum atomic E-state index is -0.691. The van der Waals surface area contributed by atoms with Crippen LogP contribution in [0.1, 0.15) is 102 Å². The molecule has 2 aliphatic carbocycles. The third-order valence-corrected chi connectivity index (χ3v) is 11.3. The average molecular weight is 533 g/mol. The topological polar surface area (TPSA) is 61.6 Å². The van der Waals surface area contributed by atoms with Crippen LogP contribution < -0.4 is 0 Å². The van der Waals surface area contributed by atoms with Crippen molar-refractivity contribution in [1.82, 2.24) is 19.4 Å². The Hall–Kier alpha value is -1.92. The number of benzene rings is 1. The molecule has 5 fully saturated rings. The summed E-state index contributed by atoms with van der Waals surface area (Å²) in [4.78, 5) is 21.7. The van der Waals surface area contributed by atoms with Gasteiger partial charge in [0.2, 0.25) is 0 Å². The highest BCUT2D eigenvalue weighted by molar-refractivity contribution is 5.76. The van der Waals surface area contributed by atoms with Crippen LogP contribution in [-0.2, 0) is 11.2 Å². The van der Waals surface area contributed by atoms with Gasteiger partial charge < -0.3 is 14.6 Å². The summed E-state index contributed by atoms with van der Waals surface area (Å²) in [5, 5.41) is 9.12. The second-order valence-corrected chi connectivity index (χ2v) is 13.9. The van der Waals surface area contributed by atoms with Crippen molar-refractivity contribution >= 4 is 17.0 Å². The van der Waals surface area contributed by atoms with Gasteiger partial charge in [0.05, 0.1) is 17.5 Å². The number of carboxylic acid groups (broad SMARTS) is 1. The first kappa shape index (κ1) is 26.0. The lowest BCUT2D eigenvalue weighted by Crippen LogP contribution is -2.58.